The van der Waals surface area contributed by atoms with E-state index in [-0.39, 0.29) is 18.8 Å². The van der Waals surface area contributed by atoms with Gasteiger partial charge in [0.25, 0.3) is 5.91 Å². The van der Waals surface area contributed by atoms with Gasteiger partial charge < -0.3 is 15.5 Å². The number of carbonyl (C=O) groups excluding carboxylic acids is 1. The van der Waals surface area contributed by atoms with E-state index in [9.17, 15) is 13.2 Å². The summed E-state index contributed by atoms with van der Waals surface area (Å²) in [5.41, 5.74) is 5.36. The van der Waals surface area contributed by atoms with Gasteiger partial charge in [-0.1, -0.05) is 0 Å². The minimum Gasteiger partial charge on any atom is -0.455 e. The lowest BCUT2D eigenvalue weighted by molar-refractivity contribution is 0.0921. The molecule has 0 bridgehead atoms. The van der Waals surface area contributed by atoms with Gasteiger partial charge in [0.05, 0.1) is 11.3 Å². The molecule has 3 N–H and O–H groups in total. The minimum absolute atomic E-state index is 0.0172. The molecule has 1 rings (SSSR count). The molecule has 0 saturated heterocycles. The number of sulfone groups is 1. The summed E-state index contributed by atoms with van der Waals surface area (Å²) >= 11 is 0. The van der Waals surface area contributed by atoms with Crippen LogP contribution in [0.4, 0.5) is 0 Å². The van der Waals surface area contributed by atoms with E-state index in [1.54, 1.807) is 19.9 Å². The summed E-state index contributed by atoms with van der Waals surface area (Å²) < 4.78 is 27.1. The average Bonchev–Trinajstić information content (AvgIpc) is 2.73. The highest BCUT2D eigenvalue weighted by atomic mass is 32.2. The van der Waals surface area contributed by atoms with E-state index in [0.717, 1.165) is 6.26 Å². The molecule has 1 aromatic heterocycles. The molecule has 18 heavy (non-hydrogen) atoms. The number of hydrogen-bond donors (Lipinski definition) is 2. The van der Waals surface area contributed by atoms with Crippen molar-refractivity contribution in [1.29, 1.82) is 0 Å². The van der Waals surface area contributed by atoms with Gasteiger partial charge in [0, 0.05) is 12.8 Å². The zero-order valence-electron chi connectivity index (χ0n) is 10.7. The van der Waals surface area contributed by atoms with Crippen LogP contribution in [0.3, 0.4) is 0 Å². The van der Waals surface area contributed by atoms with Crippen molar-refractivity contribution >= 4 is 15.7 Å². The Morgan fingerprint density at radius 3 is 2.50 bits per heavy atom. The van der Waals surface area contributed by atoms with E-state index < -0.39 is 20.5 Å². The van der Waals surface area contributed by atoms with Crippen molar-refractivity contribution < 1.29 is 17.6 Å². The van der Waals surface area contributed by atoms with Crippen LogP contribution in [0.5, 0.6) is 0 Å². The monoisotopic (exact) mass is 274 g/mol. The third-order valence-corrected chi connectivity index (χ3v) is 4.92. The number of furan rings is 1. The fourth-order valence-electron chi connectivity index (χ4n) is 1.12. The van der Waals surface area contributed by atoms with Gasteiger partial charge in [-0.15, -0.1) is 0 Å². The number of nitrogens with one attached hydrogen (secondary N) is 1. The molecule has 0 aliphatic carbocycles. The Morgan fingerprint density at radius 2 is 2.06 bits per heavy atom. The summed E-state index contributed by atoms with van der Waals surface area (Å²) in [4.78, 5) is 11.7. The first kappa shape index (κ1) is 14.7. The largest absolute Gasteiger partial charge is 0.455 e. The second-order valence-corrected chi connectivity index (χ2v) is 7.33. The molecule has 0 unspecified atom stereocenters. The number of rotatable bonds is 5. The van der Waals surface area contributed by atoms with Crippen LogP contribution in [0.25, 0.3) is 0 Å². The molecule has 0 aliphatic heterocycles. The van der Waals surface area contributed by atoms with Crippen molar-refractivity contribution in [3.8, 4) is 0 Å². The average molecular weight is 274 g/mol. The van der Waals surface area contributed by atoms with E-state index in [4.69, 9.17) is 10.2 Å². The predicted molar refractivity (Wildman–Crippen MR) is 67.9 cm³/mol. The molecule has 1 heterocycles. The van der Waals surface area contributed by atoms with Crippen LogP contribution < -0.4 is 11.1 Å². The highest BCUT2D eigenvalue weighted by Crippen LogP contribution is 2.14. The van der Waals surface area contributed by atoms with Gasteiger partial charge in [0.2, 0.25) is 0 Å². The van der Waals surface area contributed by atoms with Gasteiger partial charge in [-0.3, -0.25) is 4.79 Å². The number of carbonyl (C=O) groups is 1. The third-order valence-electron chi connectivity index (χ3n) is 2.77. The highest BCUT2D eigenvalue weighted by molar-refractivity contribution is 7.92. The third kappa shape index (κ3) is 3.33. The molecule has 0 saturated carbocycles. The lowest BCUT2D eigenvalue weighted by atomic mass is 10.2. The summed E-state index contributed by atoms with van der Waals surface area (Å²) in [7, 11) is -3.25. The molecule has 0 aromatic carbocycles. The van der Waals surface area contributed by atoms with Crippen LogP contribution in [-0.4, -0.2) is 31.9 Å². The van der Waals surface area contributed by atoms with E-state index in [2.05, 4.69) is 5.32 Å². The summed E-state index contributed by atoms with van der Waals surface area (Å²) in [6.07, 6.45) is 1.14. The van der Waals surface area contributed by atoms with Crippen molar-refractivity contribution in [2.75, 3.05) is 12.8 Å². The second kappa shape index (κ2) is 5.11. The fraction of sp³-hybridized carbons (Fsp3) is 0.545. The lowest BCUT2D eigenvalue weighted by Crippen LogP contribution is -2.43. The maximum Gasteiger partial charge on any atom is 0.287 e. The quantitative estimate of drug-likeness (QED) is 0.803. The molecular formula is C11H18N2O4S. The number of hydrogen-bond acceptors (Lipinski definition) is 5. The van der Waals surface area contributed by atoms with Gasteiger partial charge in [0.1, 0.15) is 5.76 Å². The standard InChI is InChI=1S/C11H18N2O4S/c1-11(2,18(3,15)16)7-13-10(14)9-5-4-8(6-12)17-9/h4-5H,6-7,12H2,1-3H3,(H,13,14). The zero-order chi connectivity index (χ0) is 14.0. The molecule has 7 heteroatoms. The molecule has 6 nitrogen and oxygen atoms in total. The van der Waals surface area contributed by atoms with E-state index >= 15 is 0 Å². The Balaban J connectivity index is 2.67. The molecule has 0 spiro atoms. The fourth-order valence-corrected chi connectivity index (χ4v) is 1.46. The Bertz CT molecular complexity index is 531. The summed E-state index contributed by atoms with van der Waals surface area (Å²) in [5.74, 6) is 0.175. The van der Waals surface area contributed by atoms with E-state index in [1.165, 1.54) is 6.07 Å². The van der Waals surface area contributed by atoms with Crippen LogP contribution in [0, 0.1) is 0 Å². The first-order valence-corrected chi connectivity index (χ1v) is 7.33. The van der Waals surface area contributed by atoms with Gasteiger partial charge >= 0.3 is 0 Å². The normalized spacial score (nSPS) is 12.4. The SMILES string of the molecule is CC(C)(CNC(=O)c1ccc(CN)o1)S(C)(=O)=O. The van der Waals surface area contributed by atoms with Crippen molar-refractivity contribution in [2.24, 2.45) is 5.73 Å². The Labute approximate surface area is 106 Å². The second-order valence-electron chi connectivity index (χ2n) is 4.68. The molecule has 1 amide bonds. The van der Waals surface area contributed by atoms with Gasteiger partial charge in [0.15, 0.2) is 15.6 Å². The van der Waals surface area contributed by atoms with Crippen molar-refractivity contribution in [3.63, 3.8) is 0 Å². The van der Waals surface area contributed by atoms with Crippen molar-refractivity contribution in [3.05, 3.63) is 23.7 Å². The molecule has 102 valence electrons. The summed E-state index contributed by atoms with van der Waals surface area (Å²) in [6, 6.07) is 3.11. The number of amides is 1. The predicted octanol–water partition coefficient (Wildman–Crippen LogP) is 0.291. The van der Waals surface area contributed by atoms with Crippen LogP contribution in [0.15, 0.2) is 16.5 Å². The minimum atomic E-state index is -3.25. The molecule has 0 radical (unpaired) electrons. The molecule has 1 aromatic rings. The lowest BCUT2D eigenvalue weighted by Gasteiger charge is -2.22. The van der Waals surface area contributed by atoms with Crippen molar-refractivity contribution in [1.82, 2.24) is 5.32 Å². The Kier molecular flexibility index (Phi) is 4.18. The maximum absolute atomic E-state index is 11.7. The first-order valence-electron chi connectivity index (χ1n) is 5.44. The van der Waals surface area contributed by atoms with Gasteiger partial charge in [-0.25, -0.2) is 8.42 Å². The highest BCUT2D eigenvalue weighted by Gasteiger charge is 2.30. The van der Waals surface area contributed by atoms with Gasteiger partial charge in [-0.2, -0.15) is 0 Å². The summed E-state index contributed by atoms with van der Waals surface area (Å²) in [6.45, 7) is 3.33. The van der Waals surface area contributed by atoms with Crippen LogP contribution in [0.2, 0.25) is 0 Å². The first-order chi connectivity index (χ1) is 8.17. The van der Waals surface area contributed by atoms with Crippen LogP contribution >= 0.6 is 0 Å². The molecule has 0 fully saturated rings. The molecule has 0 atom stereocenters. The smallest absolute Gasteiger partial charge is 0.287 e. The van der Waals surface area contributed by atoms with Crippen LogP contribution in [-0.2, 0) is 16.4 Å². The Morgan fingerprint density at radius 1 is 1.44 bits per heavy atom. The van der Waals surface area contributed by atoms with Crippen molar-refractivity contribution in [2.45, 2.75) is 25.1 Å². The maximum atomic E-state index is 11.7. The number of nitrogens with two attached hydrogens (primary N) is 1. The van der Waals surface area contributed by atoms with E-state index in [1.807, 2.05) is 0 Å². The zero-order valence-corrected chi connectivity index (χ0v) is 11.5. The molecular weight excluding hydrogens is 256 g/mol. The summed E-state index contributed by atoms with van der Waals surface area (Å²) in [5, 5.41) is 2.53. The van der Waals surface area contributed by atoms with E-state index in [0.29, 0.717) is 5.76 Å². The molecule has 0 aliphatic rings. The Hall–Kier alpha value is -1.34. The topological polar surface area (TPSA) is 102 Å². The van der Waals surface area contributed by atoms with Crippen LogP contribution in [0.1, 0.15) is 30.2 Å². The van der Waals surface area contributed by atoms with Gasteiger partial charge in [-0.05, 0) is 26.0 Å².